The van der Waals surface area contributed by atoms with Gasteiger partial charge in [-0.05, 0) is 44.4 Å². The third-order valence-electron chi connectivity index (χ3n) is 6.83. The van der Waals surface area contributed by atoms with E-state index in [2.05, 4.69) is 78.4 Å². The molecule has 0 aliphatic heterocycles. The molecule has 5 aromatic rings. The van der Waals surface area contributed by atoms with Crippen molar-refractivity contribution in [3.8, 4) is 0 Å². The number of hydrogen-bond acceptors (Lipinski definition) is 1. The number of benzene rings is 3. The number of aldehydes is 1. The van der Waals surface area contributed by atoms with Gasteiger partial charge in [0.05, 0.1) is 11.0 Å². The van der Waals surface area contributed by atoms with E-state index in [1.807, 2.05) is 0 Å². The normalized spacial score (nSPS) is 12.0. The number of fused-ring (bicyclic) bond motifs is 6. The van der Waals surface area contributed by atoms with E-state index in [9.17, 15) is 4.79 Å². The van der Waals surface area contributed by atoms with Crippen molar-refractivity contribution in [3.63, 3.8) is 0 Å². The molecule has 2 heterocycles. The van der Waals surface area contributed by atoms with Crippen molar-refractivity contribution in [1.29, 1.82) is 0 Å². The number of hydrogen-bond donors (Lipinski definition) is 0. The summed E-state index contributed by atoms with van der Waals surface area (Å²) in [4.78, 5) is 12.7. The van der Waals surface area contributed by atoms with E-state index in [1.165, 1.54) is 51.1 Å². The number of carbonyl (C=O) groups excluding carboxylic acids is 1. The molecule has 0 radical (unpaired) electrons. The molecule has 3 nitrogen and oxygen atoms in total. The van der Waals surface area contributed by atoms with Crippen LogP contribution in [0.4, 0.5) is 0 Å². The number of aryl methyl sites for hydroxylation is 3. The van der Waals surface area contributed by atoms with Gasteiger partial charge in [0.25, 0.3) is 0 Å². The summed E-state index contributed by atoms with van der Waals surface area (Å²) in [5.41, 5.74) is 7.06. The molecule has 2 aromatic heterocycles. The molecule has 0 atom stereocenters. The molecule has 0 amide bonds. The number of para-hydroxylation sites is 2. The van der Waals surface area contributed by atoms with Crippen LogP contribution in [0.3, 0.4) is 0 Å². The van der Waals surface area contributed by atoms with Crippen LogP contribution >= 0.6 is 0 Å². The second-order valence-corrected chi connectivity index (χ2v) is 8.44. The van der Waals surface area contributed by atoms with Crippen molar-refractivity contribution in [2.45, 2.75) is 59.5 Å². The zero-order valence-electron chi connectivity index (χ0n) is 18.7. The fraction of sp³-hybridized carbons (Fsp3) is 0.321. The molecule has 0 saturated heterocycles. The van der Waals surface area contributed by atoms with Gasteiger partial charge in [0.15, 0.2) is 6.29 Å². The number of carbonyl (C=O) groups is 1. The highest BCUT2D eigenvalue weighted by Gasteiger charge is 2.24. The first-order chi connectivity index (χ1) is 15.3. The Kier molecular flexibility index (Phi) is 5.05. The molecular formula is C28H30N2O. The first-order valence-electron chi connectivity index (χ1n) is 11.7. The van der Waals surface area contributed by atoms with E-state index in [1.54, 1.807) is 0 Å². The van der Waals surface area contributed by atoms with E-state index < -0.39 is 0 Å². The lowest BCUT2D eigenvalue weighted by atomic mass is 9.94. The number of nitrogens with zero attached hydrogens (tertiary/aromatic N) is 2. The van der Waals surface area contributed by atoms with E-state index >= 15 is 0 Å². The Hall–Kier alpha value is -3.07. The van der Waals surface area contributed by atoms with Crippen LogP contribution in [0.15, 0.2) is 48.5 Å². The summed E-state index contributed by atoms with van der Waals surface area (Å²) in [6.45, 7) is 8.38. The molecule has 0 bridgehead atoms. The summed E-state index contributed by atoms with van der Waals surface area (Å²) in [5, 5.41) is 4.86. The third kappa shape index (κ3) is 2.76. The van der Waals surface area contributed by atoms with Crippen molar-refractivity contribution in [2.24, 2.45) is 0 Å². The van der Waals surface area contributed by atoms with Gasteiger partial charge in [0.1, 0.15) is 0 Å². The van der Waals surface area contributed by atoms with Crippen molar-refractivity contribution >= 4 is 49.9 Å². The van der Waals surface area contributed by atoms with Crippen LogP contribution < -0.4 is 0 Å². The predicted molar refractivity (Wildman–Crippen MR) is 132 cm³/mol. The van der Waals surface area contributed by atoms with Crippen molar-refractivity contribution < 1.29 is 4.79 Å². The van der Waals surface area contributed by atoms with Crippen molar-refractivity contribution in [2.75, 3.05) is 0 Å². The maximum atomic E-state index is 12.7. The molecule has 0 N–H and O–H groups in total. The average Bonchev–Trinajstić information content (AvgIpc) is 3.32. The Labute approximate surface area is 183 Å². The molecule has 0 saturated carbocycles. The SMILES string of the molecule is CCCCCc1c2c3ccccc3n(CC)c2c(C=O)c2c3ccccc3n(CC)c12. The lowest BCUT2D eigenvalue weighted by molar-refractivity contribution is 0.112. The van der Waals surface area contributed by atoms with Gasteiger partial charge in [-0.25, -0.2) is 0 Å². The molecular weight excluding hydrogens is 380 g/mol. The summed E-state index contributed by atoms with van der Waals surface area (Å²) in [5.74, 6) is 0. The number of unbranched alkanes of at least 4 members (excludes halogenated alkanes) is 2. The Morgan fingerprint density at radius 3 is 1.90 bits per heavy atom. The maximum Gasteiger partial charge on any atom is 0.152 e. The molecule has 5 rings (SSSR count). The highest BCUT2D eigenvalue weighted by Crippen LogP contribution is 2.43. The maximum absolute atomic E-state index is 12.7. The topological polar surface area (TPSA) is 26.9 Å². The van der Waals surface area contributed by atoms with Crippen LogP contribution in [0, 0.1) is 0 Å². The highest BCUT2D eigenvalue weighted by molar-refractivity contribution is 6.27. The Balaban J connectivity index is 2.10. The summed E-state index contributed by atoms with van der Waals surface area (Å²) in [7, 11) is 0. The molecule has 3 heteroatoms. The molecule has 3 aromatic carbocycles. The zero-order valence-corrected chi connectivity index (χ0v) is 18.7. The molecule has 0 unspecified atom stereocenters. The van der Waals surface area contributed by atoms with Crippen molar-refractivity contribution in [3.05, 3.63) is 59.7 Å². The van der Waals surface area contributed by atoms with Gasteiger partial charge >= 0.3 is 0 Å². The number of aromatic nitrogens is 2. The predicted octanol–water partition coefficient (Wildman–Crippen LogP) is 7.49. The van der Waals surface area contributed by atoms with Crippen LogP contribution in [0.25, 0.3) is 43.6 Å². The first-order valence-corrected chi connectivity index (χ1v) is 11.7. The van der Waals surface area contributed by atoms with Gasteiger partial charge in [0.2, 0.25) is 0 Å². The van der Waals surface area contributed by atoms with Gasteiger partial charge < -0.3 is 9.13 Å². The fourth-order valence-corrected chi connectivity index (χ4v) is 5.58. The lowest BCUT2D eigenvalue weighted by Gasteiger charge is -2.14. The minimum atomic E-state index is 0.839. The minimum Gasteiger partial charge on any atom is -0.340 e. The second-order valence-electron chi connectivity index (χ2n) is 8.44. The van der Waals surface area contributed by atoms with Gasteiger partial charge in [-0.2, -0.15) is 0 Å². The van der Waals surface area contributed by atoms with Gasteiger partial charge in [-0.15, -0.1) is 0 Å². The highest BCUT2D eigenvalue weighted by atomic mass is 16.1. The van der Waals surface area contributed by atoms with Crippen LogP contribution in [-0.2, 0) is 19.5 Å². The van der Waals surface area contributed by atoms with Crippen LogP contribution in [0.5, 0.6) is 0 Å². The van der Waals surface area contributed by atoms with Gasteiger partial charge in [-0.1, -0.05) is 56.2 Å². The smallest absolute Gasteiger partial charge is 0.152 e. The summed E-state index contributed by atoms with van der Waals surface area (Å²) in [6, 6.07) is 17.2. The largest absolute Gasteiger partial charge is 0.340 e. The number of rotatable bonds is 7. The standard InChI is InChI=1S/C28H30N2O/c1-4-7-8-15-21-25-19-13-9-11-16-23(19)30(6-3)28(25)22(18-31)26-20-14-10-12-17-24(20)29(5-2)27(21)26/h9-14,16-18H,4-8,15H2,1-3H3. The molecule has 0 aliphatic rings. The zero-order chi connectivity index (χ0) is 21.5. The minimum absolute atomic E-state index is 0.839. The van der Waals surface area contributed by atoms with Crippen LogP contribution in [0.2, 0.25) is 0 Å². The van der Waals surface area contributed by atoms with Crippen LogP contribution in [0.1, 0.15) is 56.0 Å². The second kappa shape index (κ2) is 7.88. The summed E-state index contributed by atoms with van der Waals surface area (Å²) in [6.07, 6.45) is 5.72. The molecule has 0 spiro atoms. The van der Waals surface area contributed by atoms with Gasteiger partial charge in [-0.3, -0.25) is 4.79 Å². The van der Waals surface area contributed by atoms with Gasteiger partial charge in [0, 0.05) is 51.2 Å². The Morgan fingerprint density at radius 1 is 0.742 bits per heavy atom. The fourth-order valence-electron chi connectivity index (χ4n) is 5.58. The van der Waals surface area contributed by atoms with Crippen LogP contribution in [-0.4, -0.2) is 15.4 Å². The average molecular weight is 411 g/mol. The third-order valence-corrected chi connectivity index (χ3v) is 6.83. The van der Waals surface area contributed by atoms with E-state index in [4.69, 9.17) is 0 Å². The Morgan fingerprint density at radius 2 is 1.32 bits per heavy atom. The van der Waals surface area contributed by atoms with E-state index in [-0.39, 0.29) is 0 Å². The van der Waals surface area contributed by atoms with E-state index in [0.29, 0.717) is 0 Å². The molecule has 31 heavy (non-hydrogen) atoms. The van der Waals surface area contributed by atoms with E-state index in [0.717, 1.165) is 48.7 Å². The first kappa shape index (κ1) is 19.9. The molecule has 0 fully saturated rings. The monoisotopic (exact) mass is 410 g/mol. The molecule has 158 valence electrons. The quantitative estimate of drug-likeness (QED) is 0.202. The summed E-state index contributed by atoms with van der Waals surface area (Å²) < 4.78 is 4.77. The molecule has 0 aliphatic carbocycles. The summed E-state index contributed by atoms with van der Waals surface area (Å²) >= 11 is 0. The van der Waals surface area contributed by atoms with Crippen molar-refractivity contribution in [1.82, 2.24) is 9.13 Å². The Bertz CT molecular complexity index is 1430. The lowest BCUT2D eigenvalue weighted by Crippen LogP contribution is -2.02.